The maximum atomic E-state index is 14.2. The molecule has 4 heteroatoms. The zero-order chi connectivity index (χ0) is 19.9. The smallest absolute Gasteiger partial charge is 0.187 e. The Hall–Kier alpha value is -1.74. The molecule has 0 bridgehead atoms. The highest BCUT2D eigenvalue weighted by Gasteiger charge is 2.21. The van der Waals surface area contributed by atoms with Crippen LogP contribution in [-0.2, 0) is 6.61 Å². The van der Waals surface area contributed by atoms with Crippen LogP contribution in [-0.4, -0.2) is 6.61 Å². The van der Waals surface area contributed by atoms with Gasteiger partial charge >= 0.3 is 0 Å². The first-order chi connectivity index (χ1) is 13.6. The van der Waals surface area contributed by atoms with Crippen molar-refractivity contribution in [2.45, 2.75) is 64.9 Å². The lowest BCUT2D eigenvalue weighted by Crippen LogP contribution is -2.13. The standard InChI is InChI=1S/C24H30ClFO2/c1-3-5-17-6-10-19(11-7-17)20-12-8-18(9-13-20)16-28-21-14-15-22(27-4-2)24(26)23(21)25/h8-9,12-15,17,19H,3-7,10-11,16H2,1-2H3. The van der Waals surface area contributed by atoms with Crippen molar-refractivity contribution < 1.29 is 13.9 Å². The molecule has 0 atom stereocenters. The SMILES string of the molecule is CCCC1CCC(c2ccc(COc3ccc(OCC)c(F)c3Cl)cc2)CC1. The predicted octanol–water partition coefficient (Wildman–Crippen LogP) is 7.53. The van der Waals surface area contributed by atoms with Crippen molar-refractivity contribution in [2.24, 2.45) is 5.92 Å². The summed E-state index contributed by atoms with van der Waals surface area (Å²) < 4.78 is 25.1. The summed E-state index contributed by atoms with van der Waals surface area (Å²) in [5.74, 6) is 1.51. The van der Waals surface area contributed by atoms with Crippen molar-refractivity contribution in [2.75, 3.05) is 6.61 Å². The van der Waals surface area contributed by atoms with Crippen LogP contribution in [0.4, 0.5) is 4.39 Å². The summed E-state index contributed by atoms with van der Waals surface area (Å²) in [6.45, 7) is 4.83. The molecular formula is C24H30ClFO2. The van der Waals surface area contributed by atoms with E-state index >= 15 is 0 Å². The molecule has 2 aromatic rings. The molecule has 1 aliphatic rings. The second-order valence-electron chi connectivity index (χ2n) is 7.66. The third kappa shape index (κ3) is 5.20. The van der Waals surface area contributed by atoms with E-state index in [-0.39, 0.29) is 10.8 Å². The lowest BCUT2D eigenvalue weighted by atomic mass is 9.77. The molecule has 0 N–H and O–H groups in total. The minimum absolute atomic E-state index is 0.0357. The average Bonchev–Trinajstić information content (AvgIpc) is 2.72. The largest absolute Gasteiger partial charge is 0.491 e. The highest BCUT2D eigenvalue weighted by atomic mass is 35.5. The monoisotopic (exact) mass is 404 g/mol. The van der Waals surface area contributed by atoms with Gasteiger partial charge < -0.3 is 9.47 Å². The van der Waals surface area contributed by atoms with Gasteiger partial charge in [-0.2, -0.15) is 0 Å². The van der Waals surface area contributed by atoms with Crippen molar-refractivity contribution in [1.82, 2.24) is 0 Å². The first kappa shape index (κ1) is 21.0. The number of hydrogen-bond donors (Lipinski definition) is 0. The van der Waals surface area contributed by atoms with Crippen molar-refractivity contribution in [3.05, 3.63) is 58.4 Å². The number of ether oxygens (including phenoxy) is 2. The Morgan fingerprint density at radius 2 is 1.61 bits per heavy atom. The molecule has 3 rings (SSSR count). The van der Waals surface area contributed by atoms with Crippen molar-refractivity contribution in [3.63, 3.8) is 0 Å². The molecule has 0 aromatic heterocycles. The molecule has 2 aromatic carbocycles. The topological polar surface area (TPSA) is 18.5 Å². The Bertz CT molecular complexity index is 752. The van der Waals surface area contributed by atoms with E-state index in [4.69, 9.17) is 21.1 Å². The molecular weight excluding hydrogens is 375 g/mol. The van der Waals surface area contributed by atoms with E-state index in [0.29, 0.717) is 24.9 Å². The van der Waals surface area contributed by atoms with Crippen molar-refractivity contribution in [3.8, 4) is 11.5 Å². The number of hydrogen-bond acceptors (Lipinski definition) is 2. The molecule has 0 unspecified atom stereocenters. The molecule has 2 nitrogen and oxygen atoms in total. The summed E-state index contributed by atoms with van der Waals surface area (Å²) in [5.41, 5.74) is 2.47. The first-order valence-electron chi connectivity index (χ1n) is 10.4. The van der Waals surface area contributed by atoms with Crippen molar-refractivity contribution >= 4 is 11.6 Å². The number of rotatable bonds is 8. The third-order valence-electron chi connectivity index (χ3n) is 5.70. The zero-order valence-electron chi connectivity index (χ0n) is 16.8. The molecule has 1 aliphatic carbocycles. The number of benzene rings is 2. The summed E-state index contributed by atoms with van der Waals surface area (Å²) in [6.07, 6.45) is 7.96. The van der Waals surface area contributed by atoms with Crippen LogP contribution in [0.15, 0.2) is 36.4 Å². The lowest BCUT2D eigenvalue weighted by Gasteiger charge is -2.28. The van der Waals surface area contributed by atoms with Crippen LogP contribution in [0.3, 0.4) is 0 Å². The summed E-state index contributed by atoms with van der Waals surface area (Å²) >= 11 is 6.08. The van der Waals surface area contributed by atoms with Gasteiger partial charge in [-0.3, -0.25) is 0 Å². The van der Waals surface area contributed by atoms with E-state index in [1.807, 2.05) is 0 Å². The van der Waals surface area contributed by atoms with Crippen LogP contribution in [0.2, 0.25) is 5.02 Å². The van der Waals surface area contributed by atoms with Gasteiger partial charge in [0, 0.05) is 0 Å². The van der Waals surface area contributed by atoms with Gasteiger partial charge in [0.15, 0.2) is 11.6 Å². The van der Waals surface area contributed by atoms with E-state index in [2.05, 4.69) is 31.2 Å². The molecule has 0 spiro atoms. The van der Waals surface area contributed by atoms with E-state index in [9.17, 15) is 4.39 Å². The molecule has 1 saturated carbocycles. The molecule has 0 radical (unpaired) electrons. The summed E-state index contributed by atoms with van der Waals surface area (Å²) in [7, 11) is 0. The van der Waals surface area contributed by atoms with E-state index in [1.165, 1.54) is 44.1 Å². The molecule has 28 heavy (non-hydrogen) atoms. The lowest BCUT2D eigenvalue weighted by molar-refractivity contribution is 0.297. The van der Waals surface area contributed by atoms with Gasteiger partial charge in [0.1, 0.15) is 17.4 Å². The molecule has 0 amide bonds. The van der Waals surface area contributed by atoms with Gasteiger partial charge in [-0.15, -0.1) is 0 Å². The molecule has 0 heterocycles. The fraction of sp³-hybridized carbons (Fsp3) is 0.500. The fourth-order valence-corrected chi connectivity index (χ4v) is 4.34. The van der Waals surface area contributed by atoms with Gasteiger partial charge in [0.2, 0.25) is 0 Å². The minimum Gasteiger partial charge on any atom is -0.491 e. The Labute approximate surface area is 173 Å². The summed E-state index contributed by atoms with van der Waals surface area (Å²) in [4.78, 5) is 0. The Morgan fingerprint density at radius 3 is 2.25 bits per heavy atom. The summed E-state index contributed by atoms with van der Waals surface area (Å²) in [5, 5.41) is -0.0357. The first-order valence-corrected chi connectivity index (χ1v) is 10.8. The quantitative estimate of drug-likeness (QED) is 0.452. The maximum absolute atomic E-state index is 14.2. The van der Waals surface area contributed by atoms with Crippen LogP contribution >= 0.6 is 11.6 Å². The van der Waals surface area contributed by atoms with Crippen molar-refractivity contribution in [1.29, 1.82) is 0 Å². The highest BCUT2D eigenvalue weighted by Crippen LogP contribution is 2.38. The van der Waals surface area contributed by atoms with Crippen LogP contribution in [0.5, 0.6) is 11.5 Å². The highest BCUT2D eigenvalue weighted by molar-refractivity contribution is 6.32. The molecule has 152 valence electrons. The van der Waals surface area contributed by atoms with Gasteiger partial charge in [0.05, 0.1) is 6.61 Å². The molecule has 0 saturated heterocycles. The molecule has 0 aliphatic heterocycles. The van der Waals surface area contributed by atoms with Crippen LogP contribution in [0.1, 0.15) is 69.4 Å². The second-order valence-corrected chi connectivity index (χ2v) is 8.04. The van der Waals surface area contributed by atoms with Gasteiger partial charge in [0.25, 0.3) is 0 Å². The number of halogens is 2. The Balaban J connectivity index is 1.56. The van der Waals surface area contributed by atoms with Crippen LogP contribution in [0.25, 0.3) is 0 Å². The fourth-order valence-electron chi connectivity index (χ4n) is 4.13. The van der Waals surface area contributed by atoms with E-state index < -0.39 is 5.82 Å². The van der Waals surface area contributed by atoms with Gasteiger partial charge in [-0.25, -0.2) is 4.39 Å². The second kappa shape index (κ2) is 10.2. The Morgan fingerprint density at radius 1 is 0.929 bits per heavy atom. The molecule has 1 fully saturated rings. The zero-order valence-corrected chi connectivity index (χ0v) is 17.6. The van der Waals surface area contributed by atoms with E-state index in [1.54, 1.807) is 19.1 Å². The minimum atomic E-state index is -0.574. The average molecular weight is 405 g/mol. The summed E-state index contributed by atoms with van der Waals surface area (Å²) in [6, 6.07) is 11.8. The Kier molecular flexibility index (Phi) is 7.61. The van der Waals surface area contributed by atoms with Crippen LogP contribution < -0.4 is 9.47 Å². The van der Waals surface area contributed by atoms with Gasteiger partial charge in [-0.1, -0.05) is 55.6 Å². The van der Waals surface area contributed by atoms with E-state index in [0.717, 1.165) is 11.5 Å². The maximum Gasteiger partial charge on any atom is 0.187 e. The predicted molar refractivity (Wildman–Crippen MR) is 113 cm³/mol. The van der Waals surface area contributed by atoms with Gasteiger partial charge in [-0.05, 0) is 67.7 Å². The normalized spacial score (nSPS) is 19.4. The van der Waals surface area contributed by atoms with Crippen LogP contribution in [0, 0.1) is 11.7 Å². The third-order valence-corrected chi connectivity index (χ3v) is 6.05.